The van der Waals surface area contributed by atoms with E-state index in [1.54, 1.807) is 0 Å². The highest BCUT2D eigenvalue weighted by Gasteiger charge is 2.05. The van der Waals surface area contributed by atoms with E-state index in [-0.39, 0.29) is 0 Å². The van der Waals surface area contributed by atoms with Gasteiger partial charge < -0.3 is 5.32 Å². The van der Waals surface area contributed by atoms with Crippen molar-refractivity contribution < 1.29 is 0 Å². The van der Waals surface area contributed by atoms with Crippen LogP contribution in [0.4, 0.5) is 0 Å². The average molecular weight is 305 g/mol. The van der Waals surface area contributed by atoms with Crippen molar-refractivity contribution in [1.82, 2.24) is 10.3 Å². The molecule has 1 N–H and O–H groups in total. The van der Waals surface area contributed by atoms with E-state index < -0.39 is 0 Å². The Morgan fingerprint density at radius 3 is 2.72 bits per heavy atom. The lowest BCUT2D eigenvalue weighted by Gasteiger charge is -2.14. The second kappa shape index (κ2) is 6.12. The van der Waals surface area contributed by atoms with Gasteiger partial charge in [-0.1, -0.05) is 35.9 Å². The summed E-state index contributed by atoms with van der Waals surface area (Å²) in [7, 11) is 0. The monoisotopic (exact) mass is 304 g/mol. The first-order valence-corrected chi connectivity index (χ1v) is 6.86. The summed E-state index contributed by atoms with van der Waals surface area (Å²) in [4.78, 5) is 4.41. The minimum Gasteiger partial charge on any atom is -0.305 e. The minimum absolute atomic E-state index is 0.325. The van der Waals surface area contributed by atoms with Gasteiger partial charge in [-0.15, -0.1) is 0 Å². The Balaban J connectivity index is 1.98. The quantitative estimate of drug-likeness (QED) is 0.864. The van der Waals surface area contributed by atoms with Gasteiger partial charge in [0.05, 0.1) is 5.69 Å². The van der Waals surface area contributed by atoms with Gasteiger partial charge in [-0.3, -0.25) is 0 Å². The molecule has 18 heavy (non-hydrogen) atoms. The van der Waals surface area contributed by atoms with Crippen LogP contribution < -0.4 is 5.32 Å². The molecule has 94 valence electrons. The van der Waals surface area contributed by atoms with Gasteiger partial charge in [0, 0.05) is 12.6 Å². The minimum atomic E-state index is 0.325. The maximum Gasteiger partial charge on any atom is 0.106 e. The first kappa shape index (κ1) is 13.2. The van der Waals surface area contributed by atoms with E-state index in [0.717, 1.165) is 16.8 Å². The molecule has 0 aliphatic heterocycles. The molecule has 1 heterocycles. The Morgan fingerprint density at radius 1 is 1.22 bits per heavy atom. The number of pyridine rings is 1. The van der Waals surface area contributed by atoms with Crippen molar-refractivity contribution in [2.75, 3.05) is 0 Å². The summed E-state index contributed by atoms with van der Waals surface area (Å²) in [5.74, 6) is 0. The topological polar surface area (TPSA) is 24.9 Å². The van der Waals surface area contributed by atoms with E-state index in [1.165, 1.54) is 11.1 Å². The number of halogens is 1. The lowest BCUT2D eigenvalue weighted by atomic mass is 10.1. The normalized spacial score (nSPS) is 12.4. The maximum atomic E-state index is 4.41. The highest BCUT2D eigenvalue weighted by atomic mass is 79.9. The summed E-state index contributed by atoms with van der Waals surface area (Å²) in [5.41, 5.74) is 3.65. The van der Waals surface area contributed by atoms with Gasteiger partial charge in [0.25, 0.3) is 0 Å². The Morgan fingerprint density at radius 2 is 2.00 bits per heavy atom. The highest BCUT2D eigenvalue weighted by molar-refractivity contribution is 9.10. The molecule has 0 aliphatic rings. The molecule has 2 nitrogen and oxygen atoms in total. The van der Waals surface area contributed by atoms with E-state index in [2.05, 4.69) is 64.3 Å². The smallest absolute Gasteiger partial charge is 0.106 e. The molecule has 2 aromatic rings. The average Bonchev–Trinajstić information content (AvgIpc) is 2.36. The van der Waals surface area contributed by atoms with Crippen molar-refractivity contribution in [1.29, 1.82) is 0 Å². The Hall–Kier alpha value is -1.19. The van der Waals surface area contributed by atoms with Gasteiger partial charge in [-0.05, 0) is 47.5 Å². The van der Waals surface area contributed by atoms with Crippen LogP contribution in [0.25, 0.3) is 0 Å². The molecule has 1 aromatic heterocycles. The molecule has 0 amide bonds. The molecule has 1 aromatic carbocycles. The fourth-order valence-corrected chi connectivity index (χ4v) is 2.24. The second-order valence-electron chi connectivity index (χ2n) is 4.47. The van der Waals surface area contributed by atoms with E-state index in [1.807, 2.05) is 18.2 Å². The lowest BCUT2D eigenvalue weighted by Crippen LogP contribution is -2.18. The van der Waals surface area contributed by atoms with E-state index in [0.29, 0.717) is 6.04 Å². The van der Waals surface area contributed by atoms with Gasteiger partial charge in [0.15, 0.2) is 0 Å². The largest absolute Gasteiger partial charge is 0.305 e. The summed E-state index contributed by atoms with van der Waals surface area (Å²) in [5, 5.41) is 3.49. The molecule has 0 aliphatic carbocycles. The van der Waals surface area contributed by atoms with E-state index in [4.69, 9.17) is 0 Å². The number of nitrogens with zero attached hydrogens (tertiary/aromatic N) is 1. The van der Waals surface area contributed by atoms with Gasteiger partial charge in [0.2, 0.25) is 0 Å². The van der Waals surface area contributed by atoms with E-state index in [9.17, 15) is 0 Å². The van der Waals surface area contributed by atoms with Crippen LogP contribution >= 0.6 is 15.9 Å². The van der Waals surface area contributed by atoms with Crippen molar-refractivity contribution in [2.45, 2.75) is 26.4 Å². The van der Waals surface area contributed by atoms with Gasteiger partial charge in [-0.2, -0.15) is 0 Å². The Kier molecular flexibility index (Phi) is 4.50. The number of rotatable bonds is 4. The van der Waals surface area contributed by atoms with Crippen molar-refractivity contribution >= 4 is 15.9 Å². The third-order valence-electron chi connectivity index (χ3n) is 2.90. The zero-order valence-electron chi connectivity index (χ0n) is 10.7. The summed E-state index contributed by atoms with van der Waals surface area (Å²) in [6.07, 6.45) is 0. The number of nitrogens with one attached hydrogen (secondary N) is 1. The zero-order chi connectivity index (χ0) is 13.0. The fourth-order valence-electron chi connectivity index (χ4n) is 1.86. The predicted octanol–water partition coefficient (Wildman–Crippen LogP) is 4.00. The van der Waals surface area contributed by atoms with Crippen LogP contribution in [0.2, 0.25) is 0 Å². The maximum absolute atomic E-state index is 4.41. The Bertz CT molecular complexity index is 525. The molecule has 0 unspecified atom stereocenters. The molecule has 1 atom stereocenters. The van der Waals surface area contributed by atoms with Crippen LogP contribution in [0.3, 0.4) is 0 Å². The number of hydrogen-bond acceptors (Lipinski definition) is 2. The highest BCUT2D eigenvalue weighted by Crippen LogP contribution is 2.14. The van der Waals surface area contributed by atoms with Crippen LogP contribution in [0, 0.1) is 6.92 Å². The van der Waals surface area contributed by atoms with Crippen LogP contribution in [-0.2, 0) is 6.54 Å². The molecular weight excluding hydrogens is 288 g/mol. The summed E-state index contributed by atoms with van der Waals surface area (Å²) in [6, 6.07) is 14.9. The van der Waals surface area contributed by atoms with Crippen molar-refractivity contribution in [3.8, 4) is 0 Å². The molecule has 0 radical (unpaired) electrons. The molecule has 0 bridgehead atoms. The van der Waals surface area contributed by atoms with Crippen molar-refractivity contribution in [3.63, 3.8) is 0 Å². The van der Waals surface area contributed by atoms with Crippen LogP contribution in [-0.4, -0.2) is 4.98 Å². The van der Waals surface area contributed by atoms with Crippen LogP contribution in [0.15, 0.2) is 47.1 Å². The molecule has 0 saturated carbocycles. The summed E-state index contributed by atoms with van der Waals surface area (Å²) < 4.78 is 0.880. The fraction of sp³-hybridized carbons (Fsp3) is 0.267. The number of hydrogen-bond donors (Lipinski definition) is 1. The molecule has 0 saturated heterocycles. The Labute approximate surface area is 117 Å². The van der Waals surface area contributed by atoms with Gasteiger partial charge in [0.1, 0.15) is 4.60 Å². The SMILES string of the molecule is Cc1cccc([C@@H](C)NCc2cccc(Br)n2)c1. The summed E-state index contributed by atoms with van der Waals surface area (Å²) in [6.45, 7) is 5.06. The molecule has 0 fully saturated rings. The first-order chi connectivity index (χ1) is 8.65. The van der Waals surface area contributed by atoms with Gasteiger partial charge in [-0.25, -0.2) is 4.98 Å². The zero-order valence-corrected chi connectivity index (χ0v) is 12.2. The standard InChI is InChI=1S/C15H17BrN2/c1-11-5-3-6-13(9-11)12(2)17-10-14-7-4-8-15(16)18-14/h3-9,12,17H,10H2,1-2H3/t12-/m1/s1. The summed E-state index contributed by atoms with van der Waals surface area (Å²) >= 11 is 3.38. The van der Waals surface area contributed by atoms with Crippen molar-refractivity contribution in [3.05, 3.63) is 63.9 Å². The number of benzene rings is 1. The molecule has 0 spiro atoms. The van der Waals surface area contributed by atoms with Gasteiger partial charge >= 0.3 is 0 Å². The molecular formula is C15H17BrN2. The van der Waals surface area contributed by atoms with Crippen LogP contribution in [0.5, 0.6) is 0 Å². The number of aryl methyl sites for hydroxylation is 1. The first-order valence-electron chi connectivity index (χ1n) is 6.06. The molecule has 2 rings (SSSR count). The van der Waals surface area contributed by atoms with Crippen LogP contribution in [0.1, 0.15) is 29.8 Å². The third-order valence-corrected chi connectivity index (χ3v) is 3.35. The third kappa shape index (κ3) is 3.65. The number of aromatic nitrogens is 1. The predicted molar refractivity (Wildman–Crippen MR) is 78.4 cm³/mol. The van der Waals surface area contributed by atoms with E-state index >= 15 is 0 Å². The van der Waals surface area contributed by atoms with Crippen molar-refractivity contribution in [2.24, 2.45) is 0 Å². The molecule has 3 heteroatoms. The second-order valence-corrected chi connectivity index (χ2v) is 5.28. The lowest BCUT2D eigenvalue weighted by molar-refractivity contribution is 0.567.